The van der Waals surface area contributed by atoms with Crippen molar-refractivity contribution in [2.24, 2.45) is 23.2 Å². The Balaban J connectivity index is 1.63. The molecule has 1 saturated heterocycles. The highest BCUT2D eigenvalue weighted by Crippen LogP contribution is 2.56. The Labute approximate surface area is 235 Å². The van der Waals surface area contributed by atoms with E-state index in [0.29, 0.717) is 18.4 Å². The third-order valence-electron chi connectivity index (χ3n) is 9.52. The second-order valence-electron chi connectivity index (χ2n) is 11.9. The molecule has 1 fully saturated rings. The van der Waals surface area contributed by atoms with Gasteiger partial charge in [-0.1, -0.05) is 48.9 Å². The number of nitrogens with one attached hydrogen (secondary N) is 2. The lowest BCUT2D eigenvalue weighted by molar-refractivity contribution is -0.149. The van der Waals surface area contributed by atoms with Gasteiger partial charge in [0.1, 0.15) is 17.3 Å². The van der Waals surface area contributed by atoms with Crippen LogP contribution in [0, 0.1) is 23.2 Å². The molecule has 3 aliphatic rings. The summed E-state index contributed by atoms with van der Waals surface area (Å²) in [5.74, 6) is -1.83. The Morgan fingerprint density at radius 2 is 1.82 bits per heavy atom. The number of carbonyl (C=O) groups is 3. The van der Waals surface area contributed by atoms with Crippen molar-refractivity contribution in [2.75, 3.05) is 7.11 Å². The third kappa shape index (κ3) is 4.49. The number of benzene rings is 1. The number of hydrogen-bond acceptors (Lipinski definition) is 5. The van der Waals surface area contributed by atoms with Crippen LogP contribution in [0.2, 0.25) is 0 Å². The summed E-state index contributed by atoms with van der Waals surface area (Å²) in [5, 5.41) is 15.0. The van der Waals surface area contributed by atoms with Crippen LogP contribution in [0.3, 0.4) is 0 Å². The van der Waals surface area contributed by atoms with Crippen LogP contribution in [0.1, 0.15) is 52.5 Å². The number of aliphatic hydroxyl groups excluding tert-OH is 1. The second-order valence-corrected chi connectivity index (χ2v) is 11.9. The van der Waals surface area contributed by atoms with Gasteiger partial charge in [-0.3, -0.25) is 14.4 Å². The van der Waals surface area contributed by atoms with E-state index < -0.39 is 35.2 Å². The molecule has 1 aromatic carbocycles. The molecule has 0 bridgehead atoms. The first kappa shape index (κ1) is 28.2. The lowest BCUT2D eigenvalue weighted by Crippen LogP contribution is -2.56. The maximum Gasteiger partial charge on any atom is 0.235 e. The zero-order chi connectivity index (χ0) is 28.8. The first-order valence-electron chi connectivity index (χ1n) is 14.3. The molecule has 2 aliphatic carbocycles. The summed E-state index contributed by atoms with van der Waals surface area (Å²) in [6.45, 7) is 7.82. The molecule has 0 saturated carbocycles. The van der Waals surface area contributed by atoms with Gasteiger partial charge in [-0.25, -0.2) is 0 Å². The van der Waals surface area contributed by atoms with Gasteiger partial charge in [0.25, 0.3) is 0 Å². The standard InChI is InChI=1S/C33H40N2O5/c1-18-9-8-11-24-31(40-5)21(4)20(3)29-26(16-22-17-34-25-12-7-6-10-23(22)25)35-32(39)33(24,29)28(37)14-13-27(36)30(38)19(2)15-18/h6-8,10-12,15,17-18,24,26,29-31,34,38H,9,13-14,16H2,1-5H3,(H,35,39)/t18-,24-,26-,29-,30+,31+,33+/m0/s1. The van der Waals surface area contributed by atoms with E-state index in [0.717, 1.165) is 27.6 Å². The Kier molecular flexibility index (Phi) is 7.73. The fourth-order valence-corrected chi connectivity index (χ4v) is 7.46. The van der Waals surface area contributed by atoms with Crippen LogP contribution < -0.4 is 5.32 Å². The van der Waals surface area contributed by atoms with Gasteiger partial charge in [0, 0.05) is 54.9 Å². The smallest absolute Gasteiger partial charge is 0.235 e. The lowest BCUT2D eigenvalue weighted by Gasteiger charge is -2.47. The summed E-state index contributed by atoms with van der Waals surface area (Å²) in [4.78, 5) is 44.9. The summed E-state index contributed by atoms with van der Waals surface area (Å²) in [6.07, 6.45) is 7.18. The number of methoxy groups -OCH3 is 1. The van der Waals surface area contributed by atoms with E-state index in [2.05, 4.69) is 16.4 Å². The fraction of sp³-hybridized carbons (Fsp3) is 0.485. The van der Waals surface area contributed by atoms with Crippen molar-refractivity contribution in [3.63, 3.8) is 0 Å². The van der Waals surface area contributed by atoms with Crippen molar-refractivity contribution in [3.8, 4) is 0 Å². The van der Waals surface area contributed by atoms with Crippen molar-refractivity contribution >= 4 is 28.4 Å². The summed E-state index contributed by atoms with van der Waals surface area (Å²) in [7, 11) is 1.62. The molecule has 1 spiro atoms. The summed E-state index contributed by atoms with van der Waals surface area (Å²) < 4.78 is 6.01. The normalized spacial score (nSPS) is 33.5. The van der Waals surface area contributed by atoms with E-state index in [1.54, 1.807) is 14.0 Å². The van der Waals surface area contributed by atoms with Crippen LogP contribution in [0.15, 0.2) is 65.4 Å². The van der Waals surface area contributed by atoms with E-state index in [-0.39, 0.29) is 36.5 Å². The van der Waals surface area contributed by atoms with Crippen LogP contribution in [0.25, 0.3) is 10.9 Å². The van der Waals surface area contributed by atoms with Crippen molar-refractivity contribution in [2.45, 2.75) is 71.6 Å². The topological polar surface area (TPSA) is 108 Å². The summed E-state index contributed by atoms with van der Waals surface area (Å²) in [6, 6.07) is 7.76. The molecule has 2 aromatic rings. The number of allylic oxidation sites excluding steroid dienone is 2. The first-order valence-corrected chi connectivity index (χ1v) is 14.3. The number of amides is 1. The number of aromatic nitrogens is 1. The summed E-state index contributed by atoms with van der Waals surface area (Å²) in [5.41, 5.74) is 3.29. The van der Waals surface area contributed by atoms with E-state index in [1.165, 1.54) is 0 Å². The van der Waals surface area contributed by atoms with Gasteiger partial charge in [0.05, 0.1) is 6.10 Å². The molecule has 1 aromatic heterocycles. The Morgan fingerprint density at radius 3 is 2.58 bits per heavy atom. The van der Waals surface area contributed by atoms with E-state index >= 15 is 0 Å². The van der Waals surface area contributed by atoms with Gasteiger partial charge in [0.2, 0.25) is 5.91 Å². The average Bonchev–Trinajstić information content (AvgIpc) is 3.47. The molecular weight excluding hydrogens is 504 g/mol. The van der Waals surface area contributed by atoms with Crippen molar-refractivity contribution in [1.29, 1.82) is 0 Å². The Hall–Kier alpha value is -3.29. The molecular formula is C33H40N2O5. The number of hydrogen-bond donors (Lipinski definition) is 3. The fourth-order valence-electron chi connectivity index (χ4n) is 7.46. The molecule has 0 radical (unpaired) electrons. The number of H-pyrrole nitrogens is 1. The zero-order valence-electron chi connectivity index (χ0n) is 24.0. The predicted molar refractivity (Wildman–Crippen MR) is 154 cm³/mol. The van der Waals surface area contributed by atoms with Crippen LogP contribution >= 0.6 is 0 Å². The molecule has 2 heterocycles. The van der Waals surface area contributed by atoms with Gasteiger partial charge < -0.3 is 20.1 Å². The van der Waals surface area contributed by atoms with Crippen molar-refractivity contribution < 1.29 is 24.2 Å². The maximum absolute atomic E-state index is 14.4. The number of rotatable bonds is 3. The highest BCUT2D eigenvalue weighted by Gasteiger charge is 2.66. The minimum atomic E-state index is -1.41. The molecule has 212 valence electrons. The molecule has 7 atom stereocenters. The van der Waals surface area contributed by atoms with Crippen LogP contribution in [-0.4, -0.2) is 52.9 Å². The average molecular weight is 545 g/mol. The maximum atomic E-state index is 14.4. The zero-order valence-corrected chi connectivity index (χ0v) is 24.0. The molecule has 40 heavy (non-hydrogen) atoms. The first-order chi connectivity index (χ1) is 19.1. The largest absolute Gasteiger partial charge is 0.381 e. The molecule has 0 unspecified atom stereocenters. The van der Waals surface area contributed by atoms with E-state index in [1.807, 2.05) is 63.4 Å². The number of fused-ring (bicyclic) bond motifs is 1. The van der Waals surface area contributed by atoms with Crippen molar-refractivity contribution in [3.05, 3.63) is 71.0 Å². The van der Waals surface area contributed by atoms with Crippen LogP contribution in [-0.2, 0) is 25.5 Å². The quantitative estimate of drug-likeness (QED) is 0.386. The van der Waals surface area contributed by atoms with Crippen LogP contribution in [0.5, 0.6) is 0 Å². The molecule has 7 heteroatoms. The van der Waals surface area contributed by atoms with E-state index in [4.69, 9.17) is 4.74 Å². The minimum Gasteiger partial charge on any atom is -0.381 e. The number of ether oxygens (including phenoxy) is 1. The molecule has 1 aliphatic heterocycles. The minimum absolute atomic E-state index is 0.0666. The van der Waals surface area contributed by atoms with Crippen LogP contribution in [0.4, 0.5) is 0 Å². The second kappa shape index (κ2) is 10.9. The number of ketones is 2. The number of carbonyl (C=O) groups excluding carboxylic acids is 3. The predicted octanol–water partition coefficient (Wildman–Crippen LogP) is 4.61. The summed E-state index contributed by atoms with van der Waals surface area (Å²) >= 11 is 0. The number of aliphatic hydroxyl groups is 1. The number of aromatic amines is 1. The van der Waals surface area contributed by atoms with E-state index in [9.17, 15) is 19.5 Å². The lowest BCUT2D eigenvalue weighted by atomic mass is 9.54. The molecule has 1 amide bonds. The highest BCUT2D eigenvalue weighted by molar-refractivity contribution is 6.10. The van der Waals surface area contributed by atoms with Gasteiger partial charge in [-0.05, 0) is 62.3 Å². The Morgan fingerprint density at radius 1 is 1.07 bits per heavy atom. The highest BCUT2D eigenvalue weighted by atomic mass is 16.5. The van der Waals surface area contributed by atoms with Gasteiger partial charge in [-0.15, -0.1) is 0 Å². The van der Waals surface area contributed by atoms with Gasteiger partial charge in [-0.2, -0.15) is 0 Å². The monoisotopic (exact) mass is 544 g/mol. The third-order valence-corrected chi connectivity index (χ3v) is 9.52. The van der Waals surface area contributed by atoms with Crippen molar-refractivity contribution in [1.82, 2.24) is 10.3 Å². The van der Waals surface area contributed by atoms with Gasteiger partial charge in [0.15, 0.2) is 5.78 Å². The Bertz CT molecular complexity index is 1430. The molecule has 7 nitrogen and oxygen atoms in total. The molecule has 3 N–H and O–H groups in total. The number of para-hydroxylation sites is 1. The number of Topliss-reactive ketones (excluding diaryl/α,β-unsaturated/α-hetero) is 2. The SMILES string of the molecule is CO[C@@H]1C(C)=C(C)[C@H]2[C@H](Cc3c[nH]c4ccccc34)NC(=O)[C@]23C(=O)CCC(=O)[C@H](O)C(C)=C[C@@H](C)CC=C[C@@H]13. The van der Waals surface area contributed by atoms with Gasteiger partial charge >= 0.3 is 0 Å². The molecule has 5 rings (SSSR count).